The molecular formula is C24H20ClN5O3S. The SMILES string of the molecule is Cc1cc(N2CCNS2(=O)=O)ccc1C(=O)Nc1ccc(Cl)c(-c2nccc3ncccc23)c1. The Morgan fingerprint density at radius 3 is 2.71 bits per heavy atom. The average molecular weight is 494 g/mol. The normalized spacial score (nSPS) is 14.9. The van der Waals surface area contributed by atoms with Crippen LogP contribution in [-0.2, 0) is 10.2 Å². The summed E-state index contributed by atoms with van der Waals surface area (Å²) in [7, 11) is -3.53. The summed E-state index contributed by atoms with van der Waals surface area (Å²) in [6, 6.07) is 15.8. The third-order valence-electron chi connectivity index (χ3n) is 5.64. The van der Waals surface area contributed by atoms with Gasteiger partial charge in [-0.3, -0.25) is 19.1 Å². The second-order valence-corrected chi connectivity index (χ2v) is 9.94. The number of aromatic nitrogens is 2. The molecule has 3 heterocycles. The summed E-state index contributed by atoms with van der Waals surface area (Å²) >= 11 is 6.48. The number of rotatable bonds is 4. The molecule has 0 bridgehead atoms. The number of pyridine rings is 2. The van der Waals surface area contributed by atoms with E-state index in [1.54, 1.807) is 55.7 Å². The first-order valence-corrected chi connectivity index (χ1v) is 12.3. The summed E-state index contributed by atoms with van der Waals surface area (Å²) in [6.07, 6.45) is 3.39. The number of nitrogens with zero attached hydrogens (tertiary/aromatic N) is 3. The van der Waals surface area contributed by atoms with Gasteiger partial charge in [0.2, 0.25) is 0 Å². The van der Waals surface area contributed by atoms with Crippen molar-refractivity contribution in [3.05, 3.63) is 83.1 Å². The fourth-order valence-corrected chi connectivity index (χ4v) is 5.43. The number of amides is 1. The molecule has 0 atom stereocenters. The van der Waals surface area contributed by atoms with Gasteiger partial charge in [0.15, 0.2) is 0 Å². The number of hydrogen-bond donors (Lipinski definition) is 2. The van der Waals surface area contributed by atoms with E-state index < -0.39 is 10.2 Å². The minimum Gasteiger partial charge on any atom is -0.322 e. The molecule has 0 radical (unpaired) electrons. The molecule has 2 aromatic carbocycles. The van der Waals surface area contributed by atoms with E-state index in [4.69, 9.17) is 11.6 Å². The first kappa shape index (κ1) is 22.3. The topological polar surface area (TPSA) is 104 Å². The lowest BCUT2D eigenvalue weighted by molar-refractivity contribution is 0.102. The number of anilines is 2. The van der Waals surface area contributed by atoms with Gasteiger partial charge in [-0.25, -0.2) is 0 Å². The van der Waals surface area contributed by atoms with Crippen molar-refractivity contribution in [2.75, 3.05) is 22.7 Å². The number of aryl methyl sites for hydroxylation is 1. The molecule has 5 rings (SSSR count). The van der Waals surface area contributed by atoms with Crippen LogP contribution in [0.5, 0.6) is 0 Å². The molecule has 1 aliphatic rings. The first-order chi connectivity index (χ1) is 16.3. The minimum atomic E-state index is -3.53. The highest BCUT2D eigenvalue weighted by Crippen LogP contribution is 2.33. The quantitative estimate of drug-likeness (QED) is 0.444. The Labute approximate surface area is 201 Å². The molecule has 0 saturated carbocycles. The molecule has 1 aliphatic heterocycles. The van der Waals surface area contributed by atoms with Crippen molar-refractivity contribution < 1.29 is 13.2 Å². The summed E-state index contributed by atoms with van der Waals surface area (Å²) in [4.78, 5) is 21.9. The zero-order valence-corrected chi connectivity index (χ0v) is 19.7. The van der Waals surface area contributed by atoms with Gasteiger partial charge in [0.1, 0.15) is 0 Å². The highest BCUT2D eigenvalue weighted by Gasteiger charge is 2.28. The fraction of sp³-hybridized carbons (Fsp3) is 0.125. The largest absolute Gasteiger partial charge is 0.322 e. The Morgan fingerprint density at radius 2 is 1.94 bits per heavy atom. The van der Waals surface area contributed by atoms with Gasteiger partial charge in [0, 0.05) is 47.7 Å². The highest BCUT2D eigenvalue weighted by atomic mass is 35.5. The van der Waals surface area contributed by atoms with Crippen LogP contribution in [0.25, 0.3) is 22.2 Å². The van der Waals surface area contributed by atoms with Crippen LogP contribution in [0, 0.1) is 6.92 Å². The van der Waals surface area contributed by atoms with E-state index in [-0.39, 0.29) is 5.91 Å². The molecule has 172 valence electrons. The van der Waals surface area contributed by atoms with E-state index in [1.807, 2.05) is 18.2 Å². The molecule has 0 spiro atoms. The van der Waals surface area contributed by atoms with Crippen LogP contribution < -0.4 is 14.3 Å². The maximum atomic E-state index is 13.0. The van der Waals surface area contributed by atoms with Gasteiger partial charge in [-0.1, -0.05) is 11.6 Å². The summed E-state index contributed by atoms with van der Waals surface area (Å²) in [6.45, 7) is 2.47. The molecule has 1 saturated heterocycles. The van der Waals surface area contributed by atoms with Gasteiger partial charge in [-0.2, -0.15) is 13.1 Å². The van der Waals surface area contributed by atoms with Gasteiger partial charge < -0.3 is 5.32 Å². The van der Waals surface area contributed by atoms with E-state index in [2.05, 4.69) is 20.0 Å². The Bertz CT molecular complexity index is 1540. The number of benzene rings is 2. The van der Waals surface area contributed by atoms with Crippen molar-refractivity contribution >= 4 is 50.0 Å². The van der Waals surface area contributed by atoms with Crippen LogP contribution in [0.4, 0.5) is 11.4 Å². The number of carbonyl (C=O) groups excluding carboxylic acids is 1. The van der Waals surface area contributed by atoms with E-state index in [0.29, 0.717) is 51.9 Å². The van der Waals surface area contributed by atoms with Gasteiger partial charge in [0.25, 0.3) is 5.91 Å². The zero-order valence-electron chi connectivity index (χ0n) is 18.1. The van der Waals surface area contributed by atoms with Gasteiger partial charge >= 0.3 is 10.2 Å². The van der Waals surface area contributed by atoms with Crippen molar-refractivity contribution in [2.45, 2.75) is 6.92 Å². The summed E-state index contributed by atoms with van der Waals surface area (Å²) < 4.78 is 28.0. The third kappa shape index (κ3) is 4.09. The van der Waals surface area contributed by atoms with Gasteiger partial charge in [-0.15, -0.1) is 0 Å². The van der Waals surface area contributed by atoms with Crippen LogP contribution in [-0.4, -0.2) is 37.4 Å². The van der Waals surface area contributed by atoms with E-state index in [0.717, 1.165) is 10.9 Å². The Hall–Kier alpha value is -3.53. The Balaban J connectivity index is 1.44. The zero-order chi connectivity index (χ0) is 23.9. The lowest BCUT2D eigenvalue weighted by atomic mass is 10.0. The number of hydrogen-bond acceptors (Lipinski definition) is 5. The third-order valence-corrected chi connectivity index (χ3v) is 7.51. The van der Waals surface area contributed by atoms with Crippen molar-refractivity contribution in [2.24, 2.45) is 0 Å². The Morgan fingerprint density at radius 1 is 1.09 bits per heavy atom. The van der Waals surface area contributed by atoms with E-state index >= 15 is 0 Å². The second kappa shape index (κ2) is 8.68. The first-order valence-electron chi connectivity index (χ1n) is 10.5. The molecule has 1 amide bonds. The Kier molecular flexibility index (Phi) is 5.68. The fourth-order valence-electron chi connectivity index (χ4n) is 4.00. The van der Waals surface area contributed by atoms with Gasteiger partial charge in [-0.05, 0) is 67.1 Å². The molecule has 0 unspecified atom stereocenters. The van der Waals surface area contributed by atoms with Crippen molar-refractivity contribution in [3.8, 4) is 11.3 Å². The molecule has 2 aromatic heterocycles. The maximum absolute atomic E-state index is 13.0. The molecule has 0 aliphatic carbocycles. The van der Waals surface area contributed by atoms with Crippen molar-refractivity contribution in [1.29, 1.82) is 0 Å². The molecular weight excluding hydrogens is 474 g/mol. The summed E-state index contributed by atoms with van der Waals surface area (Å²) in [5, 5.41) is 4.26. The van der Waals surface area contributed by atoms with Crippen molar-refractivity contribution in [1.82, 2.24) is 14.7 Å². The number of carbonyl (C=O) groups is 1. The number of halogens is 1. The summed E-state index contributed by atoms with van der Waals surface area (Å²) in [5.74, 6) is -0.313. The molecule has 34 heavy (non-hydrogen) atoms. The molecule has 1 fully saturated rings. The van der Waals surface area contributed by atoms with E-state index in [1.165, 1.54) is 4.31 Å². The minimum absolute atomic E-state index is 0.313. The number of nitrogens with one attached hydrogen (secondary N) is 2. The smallest absolute Gasteiger partial charge is 0.301 e. The van der Waals surface area contributed by atoms with Gasteiger partial charge in [0.05, 0.1) is 21.9 Å². The molecule has 4 aromatic rings. The van der Waals surface area contributed by atoms with Crippen LogP contribution in [0.15, 0.2) is 67.0 Å². The van der Waals surface area contributed by atoms with Crippen LogP contribution in [0.2, 0.25) is 5.02 Å². The standard InChI is InChI=1S/C24H20ClN5O3S/c1-15-13-17(30-12-11-28-34(30,32)33)5-6-18(15)24(31)29-16-4-7-21(25)20(14-16)23-19-3-2-9-26-22(19)8-10-27-23/h2-10,13-14,28H,11-12H2,1H3,(H,29,31). The molecule has 8 nitrogen and oxygen atoms in total. The lowest BCUT2D eigenvalue weighted by Crippen LogP contribution is -2.29. The highest BCUT2D eigenvalue weighted by molar-refractivity contribution is 7.91. The second-order valence-electron chi connectivity index (χ2n) is 7.85. The maximum Gasteiger partial charge on any atom is 0.301 e. The summed E-state index contributed by atoms with van der Waals surface area (Å²) in [5.41, 5.74) is 4.32. The van der Waals surface area contributed by atoms with Crippen LogP contribution in [0.3, 0.4) is 0 Å². The van der Waals surface area contributed by atoms with Crippen LogP contribution >= 0.6 is 11.6 Å². The number of fused-ring (bicyclic) bond motifs is 1. The predicted molar refractivity (Wildman–Crippen MR) is 133 cm³/mol. The molecule has 2 N–H and O–H groups in total. The molecule has 10 heteroatoms. The van der Waals surface area contributed by atoms with Crippen molar-refractivity contribution in [3.63, 3.8) is 0 Å². The monoisotopic (exact) mass is 493 g/mol. The lowest BCUT2D eigenvalue weighted by Gasteiger charge is -2.17. The predicted octanol–water partition coefficient (Wildman–Crippen LogP) is 4.17. The van der Waals surface area contributed by atoms with Crippen LogP contribution in [0.1, 0.15) is 15.9 Å². The average Bonchev–Trinajstić information content (AvgIpc) is 3.18. The van der Waals surface area contributed by atoms with E-state index in [9.17, 15) is 13.2 Å².